The fourth-order valence-corrected chi connectivity index (χ4v) is 13.4. The molecule has 0 aromatic carbocycles. The normalized spacial score (nSPS) is 30.2. The first-order valence-corrected chi connectivity index (χ1v) is 29.4. The van der Waals surface area contributed by atoms with Gasteiger partial charge in [-0.1, -0.05) is 114 Å². The predicted octanol–water partition coefficient (Wildman–Crippen LogP) is 15.1. The van der Waals surface area contributed by atoms with E-state index in [0.717, 1.165) is 43.4 Å². The van der Waals surface area contributed by atoms with Gasteiger partial charge in [-0.15, -0.1) is 0 Å². The van der Waals surface area contributed by atoms with E-state index in [4.69, 9.17) is 24.8 Å². The molecule has 4 aliphatic rings. The molecule has 0 radical (unpaired) electrons. The van der Waals surface area contributed by atoms with Gasteiger partial charge in [0.1, 0.15) is 17.1 Å². The summed E-state index contributed by atoms with van der Waals surface area (Å²) in [6.07, 6.45) is 22.1. The Morgan fingerprint density at radius 3 is 2.22 bits per heavy atom. The van der Waals surface area contributed by atoms with Gasteiger partial charge in [0.15, 0.2) is 16.6 Å². The van der Waals surface area contributed by atoms with Crippen LogP contribution in [0.1, 0.15) is 178 Å². The molecule has 0 N–H and O–H groups in total. The number of rotatable bonds is 15. The van der Waals surface area contributed by atoms with E-state index in [1.54, 1.807) is 5.57 Å². The Morgan fingerprint density at radius 1 is 0.983 bits per heavy atom. The molecule has 4 fully saturated rings. The Labute approximate surface area is 358 Å². The second-order valence-corrected chi connectivity index (χ2v) is 33.5. The van der Waals surface area contributed by atoms with Gasteiger partial charge < -0.3 is 13.3 Å². The average molecular weight is 834 g/mol. The molecular weight excluding hydrogens is 747 g/mol. The highest BCUT2D eigenvalue weighted by Gasteiger charge is 2.55. The maximum atomic E-state index is 13.5. The predicted molar refractivity (Wildman–Crippen MR) is 249 cm³/mol. The summed E-state index contributed by atoms with van der Waals surface area (Å²) in [5.41, 5.74) is 3.24. The number of allylic oxidation sites excluding steroid dienone is 3. The number of unbranched alkanes of at least 4 members (excludes halogenated alkanes) is 1. The third-order valence-electron chi connectivity index (χ3n) is 16.4. The third-order valence-corrected chi connectivity index (χ3v) is 25.4. The van der Waals surface area contributed by atoms with Crippen molar-refractivity contribution < 1.29 is 18.1 Å². The summed E-state index contributed by atoms with van der Waals surface area (Å²) in [4.78, 5) is 18.6. The Hall–Kier alpha value is -1.55. The van der Waals surface area contributed by atoms with E-state index in [1.165, 1.54) is 50.5 Å². The molecule has 5 nitrogen and oxygen atoms in total. The minimum absolute atomic E-state index is 0.0113. The van der Waals surface area contributed by atoms with Gasteiger partial charge in [-0.25, -0.2) is 4.98 Å². The second kappa shape index (κ2) is 17.3. The van der Waals surface area contributed by atoms with Gasteiger partial charge in [-0.2, -0.15) is 0 Å². The van der Waals surface area contributed by atoms with Crippen LogP contribution < -0.4 is 0 Å². The van der Waals surface area contributed by atoms with Crippen LogP contribution in [-0.4, -0.2) is 33.5 Å². The third kappa shape index (κ3) is 10.2. The van der Waals surface area contributed by atoms with Crippen molar-refractivity contribution in [2.24, 2.45) is 40.4 Å². The average Bonchev–Trinajstić information content (AvgIpc) is 3.70. The molecule has 1 aromatic heterocycles. The van der Waals surface area contributed by atoms with Gasteiger partial charge in [0.2, 0.25) is 5.89 Å². The molecule has 7 heteroatoms. The van der Waals surface area contributed by atoms with E-state index in [0.29, 0.717) is 53.6 Å². The van der Waals surface area contributed by atoms with Gasteiger partial charge in [0.05, 0.1) is 12.3 Å². The van der Waals surface area contributed by atoms with Crippen LogP contribution in [0.2, 0.25) is 36.3 Å². The first-order chi connectivity index (χ1) is 26.7. The zero-order valence-corrected chi connectivity index (χ0v) is 42.4. The van der Waals surface area contributed by atoms with Crippen LogP contribution in [0.5, 0.6) is 0 Å². The van der Waals surface area contributed by atoms with Crippen LogP contribution in [0, 0.1) is 40.4 Å². The zero-order chi connectivity index (χ0) is 43.3. The van der Waals surface area contributed by atoms with Crippen molar-refractivity contribution in [2.75, 3.05) is 0 Å². The summed E-state index contributed by atoms with van der Waals surface area (Å²) < 4.78 is 21.8. The highest BCUT2D eigenvalue weighted by Crippen LogP contribution is 2.60. The number of aryl methyl sites for hydroxylation is 1. The van der Waals surface area contributed by atoms with E-state index in [9.17, 15) is 4.79 Å². The van der Waals surface area contributed by atoms with Gasteiger partial charge in [-0.3, -0.25) is 4.79 Å². The molecule has 1 unspecified atom stereocenters. The maximum Gasteiger partial charge on any atom is 0.225 e. The van der Waals surface area contributed by atoms with E-state index in [-0.39, 0.29) is 27.5 Å². The van der Waals surface area contributed by atoms with Crippen molar-refractivity contribution in [1.29, 1.82) is 0 Å². The van der Waals surface area contributed by atoms with Crippen LogP contribution in [0.25, 0.3) is 0 Å². The molecule has 5 rings (SSSR count). The topological polar surface area (TPSA) is 61.6 Å². The Balaban J connectivity index is 1.49. The van der Waals surface area contributed by atoms with E-state index in [1.807, 2.05) is 6.20 Å². The highest BCUT2D eigenvalue weighted by molar-refractivity contribution is 6.74. The summed E-state index contributed by atoms with van der Waals surface area (Å²) in [6.45, 7) is 41.9. The van der Waals surface area contributed by atoms with Crippen LogP contribution in [-0.2, 0) is 25.7 Å². The van der Waals surface area contributed by atoms with Crippen molar-refractivity contribution >= 4 is 22.4 Å². The molecule has 328 valence electrons. The van der Waals surface area contributed by atoms with Crippen molar-refractivity contribution in [3.63, 3.8) is 0 Å². The second-order valence-electron chi connectivity index (χ2n) is 24.0. The zero-order valence-electron chi connectivity index (χ0n) is 40.4. The lowest BCUT2D eigenvalue weighted by atomic mass is 9.60. The van der Waals surface area contributed by atoms with Crippen molar-refractivity contribution in [2.45, 2.75) is 221 Å². The number of carbonyl (C=O) groups excluding carboxylic acids is 1. The summed E-state index contributed by atoms with van der Waals surface area (Å²) >= 11 is 0. The molecule has 0 bridgehead atoms. The molecule has 0 spiro atoms. The fraction of sp³-hybridized carbons (Fsp3) is 0.804. The molecule has 4 aliphatic carbocycles. The smallest absolute Gasteiger partial charge is 0.225 e. The van der Waals surface area contributed by atoms with Crippen LogP contribution in [0.3, 0.4) is 0 Å². The van der Waals surface area contributed by atoms with E-state index < -0.39 is 22.2 Å². The lowest BCUT2D eigenvalue weighted by Crippen LogP contribution is -2.53. The molecule has 1 aromatic rings. The standard InChI is InChI=1S/C51H87NO4Si2/c1-18-19-22-40-34-52-46(54-40)51(56-58(16,17)49(10,11)12)32-39(36(3)44(33-51)55-57(14,15)48(7,8)9)27-26-38-21-20-31-50(13)42(29-30-43(38)50)35(2)23-28-41(37-24-25-37)45(53)47(4,5)6/h26-27,34-35,37,41-44H,3,18-25,28-33H2,1-2,4-17H3/b38-26+,39-27-/t35-,41?,42-,43+,44+,50-,51-/m1/s1. The minimum atomic E-state index is -2.31. The van der Waals surface area contributed by atoms with E-state index >= 15 is 0 Å². The quantitative estimate of drug-likeness (QED) is 0.165. The van der Waals surface area contributed by atoms with Crippen molar-refractivity contribution in [1.82, 2.24) is 4.98 Å². The molecule has 58 heavy (non-hydrogen) atoms. The lowest BCUT2D eigenvalue weighted by Gasteiger charge is -2.50. The van der Waals surface area contributed by atoms with Gasteiger partial charge in [-0.05, 0) is 141 Å². The SMILES string of the molecule is C=C1/C(=C\C=C2/CCC[C@]3(C)[C@@H]([C@H](C)CCC(C(=O)C(C)(C)C)C4CC4)CC[C@@H]23)C[C@](O[Si](C)(C)C(C)(C)C)(c2ncc(CCCC)o2)C[C@@H]1O[Si](C)(C)C(C)(C)C. The van der Waals surface area contributed by atoms with Crippen molar-refractivity contribution in [3.8, 4) is 0 Å². The molecule has 7 atom stereocenters. The first kappa shape index (κ1) is 47.5. The molecule has 0 amide bonds. The van der Waals surface area contributed by atoms with Gasteiger partial charge >= 0.3 is 0 Å². The Kier molecular flexibility index (Phi) is 14.2. The molecule has 4 saturated carbocycles. The largest absolute Gasteiger partial charge is 0.443 e. The number of nitrogens with zero attached hydrogens (tertiary/aromatic N) is 1. The lowest BCUT2D eigenvalue weighted by molar-refractivity contribution is -0.131. The van der Waals surface area contributed by atoms with E-state index in [2.05, 4.69) is 121 Å². The fourth-order valence-electron chi connectivity index (χ4n) is 10.5. The minimum Gasteiger partial charge on any atom is -0.443 e. The Bertz CT molecular complexity index is 1680. The number of oxazole rings is 1. The number of aromatic nitrogens is 1. The van der Waals surface area contributed by atoms with Crippen LogP contribution in [0.15, 0.2) is 46.1 Å². The number of ketones is 1. The summed E-state index contributed by atoms with van der Waals surface area (Å²) in [5.74, 6) is 4.95. The monoisotopic (exact) mass is 834 g/mol. The van der Waals surface area contributed by atoms with Gasteiger partial charge in [0, 0.05) is 30.6 Å². The van der Waals surface area contributed by atoms with Crippen LogP contribution in [0.4, 0.5) is 0 Å². The molecule has 0 aliphatic heterocycles. The Morgan fingerprint density at radius 2 is 1.64 bits per heavy atom. The van der Waals surface area contributed by atoms with Crippen LogP contribution >= 0.6 is 0 Å². The highest BCUT2D eigenvalue weighted by atomic mass is 28.4. The van der Waals surface area contributed by atoms with Gasteiger partial charge in [0.25, 0.3) is 0 Å². The first-order valence-electron chi connectivity index (χ1n) is 23.6. The number of carbonyl (C=O) groups is 1. The summed E-state index contributed by atoms with van der Waals surface area (Å²) in [7, 11) is -4.50. The number of Topliss-reactive ketones (excluding diaryl/α,β-unsaturated/α-hetero) is 1. The molecular formula is C51H87NO4Si2. The molecule has 1 heterocycles. The molecule has 0 saturated heterocycles. The maximum absolute atomic E-state index is 13.5. The number of hydrogen-bond donors (Lipinski definition) is 0. The number of fused-ring (bicyclic) bond motifs is 1. The summed E-state index contributed by atoms with van der Waals surface area (Å²) in [5, 5.41) is 0.0663. The number of hydrogen-bond acceptors (Lipinski definition) is 5. The van der Waals surface area contributed by atoms with Crippen molar-refractivity contribution in [3.05, 3.63) is 53.3 Å². The summed E-state index contributed by atoms with van der Waals surface area (Å²) in [6, 6.07) is 0.